The number of nitrogens with zero attached hydrogens (tertiary/aromatic N) is 1. The molecule has 2 aromatic heterocycles. The summed E-state index contributed by atoms with van der Waals surface area (Å²) in [5, 5.41) is 4.10. The number of fused-ring (bicyclic) bond motifs is 1. The third-order valence-electron chi connectivity index (χ3n) is 5.00. The van der Waals surface area contributed by atoms with Crippen LogP contribution >= 0.6 is 11.3 Å². The van der Waals surface area contributed by atoms with Crippen molar-refractivity contribution in [1.82, 2.24) is 4.98 Å². The van der Waals surface area contributed by atoms with Crippen molar-refractivity contribution in [3.63, 3.8) is 0 Å². The Hall–Kier alpha value is -3.65. The number of aryl methyl sites for hydroxylation is 3. The molecular formula is C24H22N2O5S. The number of nitrogens with one attached hydrogen (secondary N) is 1. The van der Waals surface area contributed by atoms with Crippen molar-refractivity contribution in [3.05, 3.63) is 68.9 Å². The van der Waals surface area contributed by atoms with Crippen LogP contribution in [0, 0.1) is 20.8 Å². The fourth-order valence-corrected chi connectivity index (χ4v) is 4.29. The van der Waals surface area contributed by atoms with Crippen LogP contribution in [0.4, 0.5) is 5.13 Å². The molecule has 0 unspecified atom stereocenters. The molecule has 0 saturated carbocycles. The summed E-state index contributed by atoms with van der Waals surface area (Å²) in [6.45, 7) is 5.58. The van der Waals surface area contributed by atoms with Gasteiger partial charge in [0.15, 0.2) is 11.7 Å². The van der Waals surface area contributed by atoms with E-state index in [0.717, 1.165) is 38.4 Å². The number of hydrogen-bond acceptors (Lipinski definition) is 7. The van der Waals surface area contributed by atoms with Crippen molar-refractivity contribution in [1.29, 1.82) is 0 Å². The van der Waals surface area contributed by atoms with Crippen LogP contribution in [-0.2, 0) is 4.79 Å². The van der Waals surface area contributed by atoms with Gasteiger partial charge in [-0.05, 0) is 62.2 Å². The van der Waals surface area contributed by atoms with Gasteiger partial charge >= 0.3 is 5.63 Å². The van der Waals surface area contributed by atoms with Crippen LogP contribution in [0.5, 0.6) is 11.5 Å². The van der Waals surface area contributed by atoms with Crippen LogP contribution in [0.25, 0.3) is 22.2 Å². The van der Waals surface area contributed by atoms with E-state index in [1.54, 1.807) is 25.3 Å². The number of rotatable bonds is 6. The Balaban J connectivity index is 1.44. The first-order valence-corrected chi connectivity index (χ1v) is 10.8. The minimum absolute atomic E-state index is 0.197. The summed E-state index contributed by atoms with van der Waals surface area (Å²) in [7, 11) is 1.64. The molecule has 0 radical (unpaired) electrons. The third kappa shape index (κ3) is 4.50. The molecule has 1 amide bonds. The first kappa shape index (κ1) is 21.6. The molecule has 0 bridgehead atoms. The number of amides is 1. The van der Waals surface area contributed by atoms with Gasteiger partial charge in [0, 0.05) is 28.0 Å². The molecule has 4 rings (SSSR count). The van der Waals surface area contributed by atoms with E-state index in [-0.39, 0.29) is 12.5 Å². The second-order valence-corrected chi connectivity index (χ2v) is 8.55. The van der Waals surface area contributed by atoms with Crippen molar-refractivity contribution < 1.29 is 18.7 Å². The highest BCUT2D eigenvalue weighted by molar-refractivity contribution is 7.16. The van der Waals surface area contributed by atoms with E-state index in [9.17, 15) is 9.59 Å². The number of anilines is 1. The van der Waals surface area contributed by atoms with Crippen LogP contribution < -0.4 is 20.4 Å². The standard InChI is InChI=1S/C24H22N2O5S/c1-13-10-22(28)31-20-11-17(6-7-18(13)20)30-12-21(27)25-24-26-23(15(3)32-24)16-5-8-19(29-4)14(2)9-16/h5-11H,12H2,1-4H3,(H,25,26,27). The smallest absolute Gasteiger partial charge is 0.336 e. The molecule has 0 aliphatic rings. The summed E-state index contributed by atoms with van der Waals surface area (Å²) in [6.07, 6.45) is 0. The Bertz CT molecular complexity index is 1370. The second-order valence-electron chi connectivity index (χ2n) is 7.35. The summed E-state index contributed by atoms with van der Waals surface area (Å²) in [4.78, 5) is 29.5. The van der Waals surface area contributed by atoms with Crippen molar-refractivity contribution >= 4 is 33.3 Å². The fourth-order valence-electron chi connectivity index (χ4n) is 3.44. The van der Waals surface area contributed by atoms with Gasteiger partial charge in [-0.3, -0.25) is 10.1 Å². The van der Waals surface area contributed by atoms with Gasteiger partial charge < -0.3 is 13.9 Å². The largest absolute Gasteiger partial charge is 0.496 e. The fraction of sp³-hybridized carbons (Fsp3) is 0.208. The van der Waals surface area contributed by atoms with Gasteiger partial charge in [-0.15, -0.1) is 11.3 Å². The van der Waals surface area contributed by atoms with Crippen molar-refractivity contribution in [2.24, 2.45) is 0 Å². The van der Waals surface area contributed by atoms with E-state index in [4.69, 9.17) is 13.9 Å². The Kier molecular flexibility index (Phi) is 5.96. The van der Waals surface area contributed by atoms with Gasteiger partial charge in [-0.1, -0.05) is 0 Å². The SMILES string of the molecule is COc1ccc(-c2nc(NC(=O)COc3ccc4c(C)cc(=O)oc4c3)sc2C)cc1C. The van der Waals surface area contributed by atoms with Crippen molar-refractivity contribution in [2.45, 2.75) is 20.8 Å². The van der Waals surface area contributed by atoms with E-state index >= 15 is 0 Å². The van der Waals surface area contributed by atoms with E-state index in [0.29, 0.717) is 16.5 Å². The lowest BCUT2D eigenvalue weighted by Gasteiger charge is -2.07. The van der Waals surface area contributed by atoms with Crippen LogP contribution in [0.1, 0.15) is 16.0 Å². The lowest BCUT2D eigenvalue weighted by molar-refractivity contribution is -0.118. The normalized spacial score (nSPS) is 10.9. The monoisotopic (exact) mass is 450 g/mol. The van der Waals surface area contributed by atoms with Gasteiger partial charge in [0.1, 0.15) is 17.1 Å². The van der Waals surface area contributed by atoms with E-state index in [1.807, 2.05) is 39.0 Å². The number of methoxy groups -OCH3 is 1. The zero-order valence-corrected chi connectivity index (χ0v) is 19.0. The zero-order valence-electron chi connectivity index (χ0n) is 18.1. The molecule has 8 heteroatoms. The molecule has 2 aromatic carbocycles. The van der Waals surface area contributed by atoms with Gasteiger partial charge in [-0.25, -0.2) is 9.78 Å². The molecular weight excluding hydrogens is 428 g/mol. The van der Waals surface area contributed by atoms with E-state index < -0.39 is 5.63 Å². The quantitative estimate of drug-likeness (QED) is 0.422. The second kappa shape index (κ2) is 8.84. The number of thiazole rings is 1. The average molecular weight is 451 g/mol. The highest BCUT2D eigenvalue weighted by atomic mass is 32.1. The molecule has 0 aliphatic heterocycles. The topological polar surface area (TPSA) is 90.7 Å². The molecule has 164 valence electrons. The minimum atomic E-state index is -0.424. The van der Waals surface area contributed by atoms with Crippen molar-refractivity contribution in [3.8, 4) is 22.8 Å². The highest BCUT2D eigenvalue weighted by Gasteiger charge is 2.14. The summed E-state index contributed by atoms with van der Waals surface area (Å²) < 4.78 is 16.1. The predicted molar refractivity (Wildman–Crippen MR) is 125 cm³/mol. The first-order valence-electron chi connectivity index (χ1n) is 9.93. The third-order valence-corrected chi connectivity index (χ3v) is 5.89. The summed E-state index contributed by atoms with van der Waals surface area (Å²) in [5.41, 5.74) is 3.61. The lowest BCUT2D eigenvalue weighted by Crippen LogP contribution is -2.20. The van der Waals surface area contributed by atoms with Crippen LogP contribution in [0.3, 0.4) is 0 Å². The van der Waals surface area contributed by atoms with Crippen molar-refractivity contribution in [2.75, 3.05) is 19.0 Å². The summed E-state index contributed by atoms with van der Waals surface area (Å²) in [6, 6.07) is 12.4. The van der Waals surface area contributed by atoms with Gasteiger partial charge in [0.2, 0.25) is 0 Å². The van der Waals surface area contributed by atoms with Crippen LogP contribution in [-0.4, -0.2) is 24.6 Å². The number of carbonyl (C=O) groups excluding carboxylic acids is 1. The Morgan fingerprint density at radius 3 is 2.66 bits per heavy atom. The Morgan fingerprint density at radius 1 is 1.09 bits per heavy atom. The minimum Gasteiger partial charge on any atom is -0.496 e. The molecule has 0 atom stereocenters. The molecule has 4 aromatic rings. The molecule has 2 heterocycles. The maximum atomic E-state index is 12.4. The Morgan fingerprint density at radius 2 is 1.91 bits per heavy atom. The van der Waals surface area contributed by atoms with E-state index in [2.05, 4.69) is 10.3 Å². The lowest BCUT2D eigenvalue weighted by atomic mass is 10.1. The number of carbonyl (C=O) groups is 1. The Labute approximate surface area is 188 Å². The summed E-state index contributed by atoms with van der Waals surface area (Å²) >= 11 is 1.40. The summed E-state index contributed by atoms with van der Waals surface area (Å²) in [5.74, 6) is 0.920. The highest BCUT2D eigenvalue weighted by Crippen LogP contribution is 2.32. The molecule has 1 N–H and O–H groups in total. The molecule has 0 fully saturated rings. The van der Waals surface area contributed by atoms with E-state index in [1.165, 1.54) is 17.4 Å². The zero-order chi connectivity index (χ0) is 22.8. The number of ether oxygens (including phenoxy) is 2. The predicted octanol–water partition coefficient (Wildman–Crippen LogP) is 4.87. The first-order chi connectivity index (χ1) is 15.3. The van der Waals surface area contributed by atoms with Crippen LogP contribution in [0.2, 0.25) is 0 Å². The van der Waals surface area contributed by atoms with Gasteiger partial charge in [-0.2, -0.15) is 0 Å². The molecule has 0 saturated heterocycles. The van der Waals surface area contributed by atoms with Gasteiger partial charge in [0.25, 0.3) is 5.91 Å². The molecule has 0 spiro atoms. The molecule has 32 heavy (non-hydrogen) atoms. The average Bonchev–Trinajstić information content (AvgIpc) is 3.11. The molecule has 0 aliphatic carbocycles. The molecule has 7 nitrogen and oxygen atoms in total. The maximum absolute atomic E-state index is 12.4. The number of aromatic nitrogens is 1. The van der Waals surface area contributed by atoms with Gasteiger partial charge in [0.05, 0.1) is 12.8 Å². The number of hydrogen-bond donors (Lipinski definition) is 1. The maximum Gasteiger partial charge on any atom is 0.336 e. The van der Waals surface area contributed by atoms with Crippen LogP contribution in [0.15, 0.2) is 51.7 Å². The number of benzene rings is 2.